The first kappa shape index (κ1) is 12.7. The van der Waals surface area contributed by atoms with Gasteiger partial charge in [0.1, 0.15) is 0 Å². The van der Waals surface area contributed by atoms with Crippen molar-refractivity contribution in [2.45, 2.75) is 29.8 Å². The zero-order valence-electron chi connectivity index (χ0n) is 11.0. The van der Waals surface area contributed by atoms with Gasteiger partial charge in [-0.05, 0) is 24.9 Å². The van der Waals surface area contributed by atoms with Crippen LogP contribution >= 0.6 is 11.8 Å². The van der Waals surface area contributed by atoms with E-state index in [0.717, 1.165) is 29.7 Å². The minimum atomic E-state index is 0.378. The first-order valence-corrected chi connectivity index (χ1v) is 7.62. The summed E-state index contributed by atoms with van der Waals surface area (Å²) in [6.45, 7) is 1.09. The van der Waals surface area contributed by atoms with E-state index in [4.69, 9.17) is 0 Å². The lowest BCUT2D eigenvalue weighted by molar-refractivity contribution is 0.569. The van der Waals surface area contributed by atoms with Crippen molar-refractivity contribution in [3.8, 4) is 0 Å². The standard InChI is InChI=1S/C14H18N4S/c1-18-13(12-8-5-9-15-12)16-17-14(18)19-10-11-6-3-2-4-7-11/h2-4,6-7,12,15H,5,8-10H2,1H3/t12-/m1/s1. The molecular weight excluding hydrogens is 256 g/mol. The Morgan fingerprint density at radius 3 is 2.89 bits per heavy atom. The van der Waals surface area contributed by atoms with E-state index in [1.54, 1.807) is 11.8 Å². The predicted molar refractivity (Wildman–Crippen MR) is 77.0 cm³/mol. The highest BCUT2D eigenvalue weighted by atomic mass is 32.2. The molecule has 2 aromatic rings. The molecule has 1 fully saturated rings. The lowest BCUT2D eigenvalue weighted by atomic mass is 10.2. The summed E-state index contributed by atoms with van der Waals surface area (Å²) in [5.74, 6) is 2.00. The fourth-order valence-corrected chi connectivity index (χ4v) is 3.26. The van der Waals surface area contributed by atoms with E-state index in [-0.39, 0.29) is 0 Å². The molecule has 0 unspecified atom stereocenters. The number of rotatable bonds is 4. The molecule has 0 amide bonds. The van der Waals surface area contributed by atoms with Gasteiger partial charge in [-0.2, -0.15) is 0 Å². The molecule has 1 N–H and O–H groups in total. The van der Waals surface area contributed by atoms with Crippen LogP contribution < -0.4 is 5.32 Å². The average Bonchev–Trinajstić information content (AvgIpc) is 3.07. The maximum Gasteiger partial charge on any atom is 0.191 e. The highest BCUT2D eigenvalue weighted by Crippen LogP contribution is 2.26. The molecule has 3 rings (SSSR count). The molecule has 1 atom stereocenters. The Labute approximate surface area is 117 Å². The monoisotopic (exact) mass is 274 g/mol. The molecule has 0 radical (unpaired) electrons. The molecule has 0 bridgehead atoms. The number of benzene rings is 1. The topological polar surface area (TPSA) is 42.7 Å². The van der Waals surface area contributed by atoms with E-state index in [0.29, 0.717) is 6.04 Å². The minimum Gasteiger partial charge on any atom is -0.308 e. The molecule has 100 valence electrons. The molecule has 2 heterocycles. The van der Waals surface area contributed by atoms with Crippen LogP contribution in [0.3, 0.4) is 0 Å². The van der Waals surface area contributed by atoms with Crippen molar-refractivity contribution in [1.82, 2.24) is 20.1 Å². The maximum atomic E-state index is 4.34. The average molecular weight is 274 g/mol. The fourth-order valence-electron chi connectivity index (χ4n) is 2.38. The van der Waals surface area contributed by atoms with Crippen LogP contribution in [0, 0.1) is 0 Å². The second-order valence-corrected chi connectivity index (χ2v) is 5.77. The Hall–Kier alpha value is -1.33. The molecule has 19 heavy (non-hydrogen) atoms. The number of nitrogens with zero attached hydrogens (tertiary/aromatic N) is 3. The fraction of sp³-hybridized carbons (Fsp3) is 0.429. The molecule has 5 heteroatoms. The summed E-state index contributed by atoms with van der Waals surface area (Å²) >= 11 is 1.74. The Bertz CT molecular complexity index is 532. The Morgan fingerprint density at radius 1 is 1.32 bits per heavy atom. The molecule has 0 aliphatic carbocycles. The first-order valence-electron chi connectivity index (χ1n) is 6.64. The molecule has 0 saturated carbocycles. The highest BCUT2D eigenvalue weighted by molar-refractivity contribution is 7.98. The third kappa shape index (κ3) is 2.82. The molecule has 1 aromatic heterocycles. The first-order chi connectivity index (χ1) is 9.34. The van der Waals surface area contributed by atoms with Gasteiger partial charge in [-0.1, -0.05) is 42.1 Å². The van der Waals surface area contributed by atoms with Gasteiger partial charge in [-0.3, -0.25) is 0 Å². The number of thioether (sulfide) groups is 1. The smallest absolute Gasteiger partial charge is 0.191 e. The summed E-state index contributed by atoms with van der Waals surface area (Å²) in [7, 11) is 2.06. The minimum absolute atomic E-state index is 0.378. The summed E-state index contributed by atoms with van der Waals surface area (Å²) in [5, 5.41) is 13.1. The van der Waals surface area contributed by atoms with Crippen LogP contribution in [-0.2, 0) is 12.8 Å². The number of aromatic nitrogens is 3. The van der Waals surface area contributed by atoms with Crippen molar-refractivity contribution < 1.29 is 0 Å². The van der Waals surface area contributed by atoms with E-state index < -0.39 is 0 Å². The van der Waals surface area contributed by atoms with Gasteiger partial charge in [0.2, 0.25) is 0 Å². The van der Waals surface area contributed by atoms with Gasteiger partial charge in [0, 0.05) is 12.8 Å². The summed E-state index contributed by atoms with van der Waals surface area (Å²) in [4.78, 5) is 0. The second kappa shape index (κ2) is 5.75. The van der Waals surface area contributed by atoms with E-state index in [2.05, 4.69) is 51.4 Å². The van der Waals surface area contributed by atoms with Crippen LogP contribution in [0.4, 0.5) is 0 Å². The molecular formula is C14H18N4S. The molecule has 4 nitrogen and oxygen atoms in total. The third-order valence-corrected chi connectivity index (χ3v) is 4.54. The van der Waals surface area contributed by atoms with Crippen molar-refractivity contribution in [3.05, 3.63) is 41.7 Å². The van der Waals surface area contributed by atoms with Gasteiger partial charge < -0.3 is 9.88 Å². The van der Waals surface area contributed by atoms with E-state index in [9.17, 15) is 0 Å². The Morgan fingerprint density at radius 2 is 2.16 bits per heavy atom. The maximum absolute atomic E-state index is 4.34. The summed E-state index contributed by atoms with van der Waals surface area (Å²) in [6.07, 6.45) is 2.39. The van der Waals surface area contributed by atoms with E-state index >= 15 is 0 Å². The third-order valence-electron chi connectivity index (χ3n) is 3.45. The van der Waals surface area contributed by atoms with Crippen LogP contribution in [-0.4, -0.2) is 21.3 Å². The van der Waals surface area contributed by atoms with Crippen molar-refractivity contribution >= 4 is 11.8 Å². The van der Waals surface area contributed by atoms with Crippen LogP contribution in [0.1, 0.15) is 30.3 Å². The highest BCUT2D eigenvalue weighted by Gasteiger charge is 2.22. The number of nitrogens with one attached hydrogen (secondary N) is 1. The van der Waals surface area contributed by atoms with Crippen molar-refractivity contribution in [1.29, 1.82) is 0 Å². The van der Waals surface area contributed by atoms with Crippen LogP contribution in [0.15, 0.2) is 35.5 Å². The van der Waals surface area contributed by atoms with Gasteiger partial charge in [-0.25, -0.2) is 0 Å². The van der Waals surface area contributed by atoms with Crippen LogP contribution in [0.5, 0.6) is 0 Å². The second-order valence-electron chi connectivity index (χ2n) is 4.82. The van der Waals surface area contributed by atoms with E-state index in [1.165, 1.54) is 12.0 Å². The van der Waals surface area contributed by atoms with Gasteiger partial charge >= 0.3 is 0 Å². The van der Waals surface area contributed by atoms with Crippen molar-refractivity contribution in [2.24, 2.45) is 7.05 Å². The van der Waals surface area contributed by atoms with Crippen molar-refractivity contribution in [3.63, 3.8) is 0 Å². The molecule has 1 aliphatic heterocycles. The SMILES string of the molecule is Cn1c(SCc2ccccc2)nnc1[C@H]1CCCN1. The van der Waals surface area contributed by atoms with Gasteiger partial charge in [0.05, 0.1) is 6.04 Å². The van der Waals surface area contributed by atoms with Gasteiger partial charge in [0.15, 0.2) is 11.0 Å². The number of hydrogen-bond acceptors (Lipinski definition) is 4. The normalized spacial score (nSPS) is 18.9. The van der Waals surface area contributed by atoms with E-state index in [1.807, 2.05) is 6.07 Å². The lowest BCUT2D eigenvalue weighted by Crippen LogP contribution is -2.17. The zero-order valence-corrected chi connectivity index (χ0v) is 11.9. The van der Waals surface area contributed by atoms with Crippen LogP contribution in [0.25, 0.3) is 0 Å². The van der Waals surface area contributed by atoms with Gasteiger partial charge in [0.25, 0.3) is 0 Å². The van der Waals surface area contributed by atoms with Crippen molar-refractivity contribution in [2.75, 3.05) is 6.54 Å². The number of hydrogen-bond donors (Lipinski definition) is 1. The molecule has 1 saturated heterocycles. The Balaban J connectivity index is 1.68. The molecule has 1 aromatic carbocycles. The predicted octanol–water partition coefficient (Wildman–Crippen LogP) is 2.53. The lowest BCUT2D eigenvalue weighted by Gasteiger charge is -2.09. The molecule has 0 spiro atoms. The largest absolute Gasteiger partial charge is 0.308 e. The van der Waals surface area contributed by atoms with Gasteiger partial charge in [-0.15, -0.1) is 10.2 Å². The molecule has 1 aliphatic rings. The summed E-state index contributed by atoms with van der Waals surface area (Å²) in [5.41, 5.74) is 1.32. The Kier molecular flexibility index (Phi) is 3.84. The van der Waals surface area contributed by atoms with Crippen LogP contribution in [0.2, 0.25) is 0 Å². The summed E-state index contributed by atoms with van der Waals surface area (Å²) < 4.78 is 2.12. The zero-order chi connectivity index (χ0) is 13.1. The summed E-state index contributed by atoms with van der Waals surface area (Å²) in [6, 6.07) is 10.8. The quantitative estimate of drug-likeness (QED) is 0.870.